The molecule has 0 fully saturated rings. The minimum Gasteiger partial charge on any atom is -0.422 e. The predicted octanol–water partition coefficient (Wildman–Crippen LogP) is 3.99. The Bertz CT molecular complexity index is 939. The first-order valence-electron chi connectivity index (χ1n) is 6.76. The lowest BCUT2D eigenvalue weighted by Crippen LogP contribution is -2.01. The first kappa shape index (κ1) is 14.0. The molecule has 22 heavy (non-hydrogen) atoms. The van der Waals surface area contributed by atoms with Gasteiger partial charge in [0.2, 0.25) is 0 Å². The lowest BCUT2D eigenvalue weighted by Gasteiger charge is -2.08. The summed E-state index contributed by atoms with van der Waals surface area (Å²) in [5, 5.41) is 11.8. The van der Waals surface area contributed by atoms with Gasteiger partial charge in [0.05, 0.1) is 4.92 Å². The van der Waals surface area contributed by atoms with Gasteiger partial charge in [-0.05, 0) is 31.5 Å². The van der Waals surface area contributed by atoms with E-state index in [1.807, 2.05) is 31.2 Å². The highest BCUT2D eigenvalue weighted by Gasteiger charge is 2.21. The van der Waals surface area contributed by atoms with Crippen LogP contribution in [0.4, 0.5) is 5.69 Å². The Morgan fingerprint density at radius 1 is 1.05 bits per heavy atom. The Hall–Kier alpha value is -2.95. The van der Waals surface area contributed by atoms with Crippen molar-refractivity contribution in [3.63, 3.8) is 0 Å². The number of fused-ring (bicyclic) bond motifs is 1. The molecule has 0 saturated carbocycles. The highest BCUT2D eigenvalue weighted by molar-refractivity contribution is 6.00. The fraction of sp³-hybridized carbons (Fsp3) is 0.118. The Morgan fingerprint density at radius 2 is 1.73 bits per heavy atom. The minimum absolute atomic E-state index is 0.0307. The van der Waals surface area contributed by atoms with Gasteiger partial charge >= 0.3 is 5.63 Å². The average Bonchev–Trinajstić information content (AvgIpc) is 2.47. The average molecular weight is 295 g/mol. The molecule has 0 N–H and O–H groups in total. The molecule has 2 aromatic carbocycles. The fourth-order valence-electron chi connectivity index (χ4n) is 2.55. The maximum absolute atomic E-state index is 11.8. The Morgan fingerprint density at radius 3 is 2.36 bits per heavy atom. The third-order valence-corrected chi connectivity index (χ3v) is 3.63. The lowest BCUT2D eigenvalue weighted by molar-refractivity contribution is -0.383. The molecule has 1 heterocycles. The van der Waals surface area contributed by atoms with Gasteiger partial charge in [0.15, 0.2) is 0 Å². The molecule has 110 valence electrons. The van der Waals surface area contributed by atoms with Crippen molar-refractivity contribution in [1.29, 1.82) is 0 Å². The first-order chi connectivity index (χ1) is 10.5. The smallest absolute Gasteiger partial charge is 0.336 e. The van der Waals surface area contributed by atoms with E-state index < -0.39 is 10.5 Å². The van der Waals surface area contributed by atoms with Crippen LogP contribution in [0.15, 0.2) is 51.7 Å². The van der Waals surface area contributed by atoms with Crippen molar-refractivity contribution in [1.82, 2.24) is 0 Å². The van der Waals surface area contributed by atoms with Gasteiger partial charge in [-0.1, -0.05) is 29.8 Å². The number of hydrogen-bond acceptors (Lipinski definition) is 4. The highest BCUT2D eigenvalue weighted by atomic mass is 16.6. The molecular weight excluding hydrogens is 282 g/mol. The zero-order valence-electron chi connectivity index (χ0n) is 12.1. The summed E-state index contributed by atoms with van der Waals surface area (Å²) in [6.07, 6.45) is 0. The van der Waals surface area contributed by atoms with Crippen molar-refractivity contribution < 1.29 is 9.34 Å². The number of nitrogens with zero attached hydrogens (tertiary/aromatic N) is 1. The largest absolute Gasteiger partial charge is 0.422 e. The van der Waals surface area contributed by atoms with E-state index in [0.29, 0.717) is 16.5 Å². The van der Waals surface area contributed by atoms with Crippen LogP contribution in [0.3, 0.4) is 0 Å². The number of hydrogen-bond donors (Lipinski definition) is 0. The molecule has 0 saturated heterocycles. The van der Waals surface area contributed by atoms with Crippen LogP contribution in [0.25, 0.3) is 22.1 Å². The second-order valence-corrected chi connectivity index (χ2v) is 5.21. The monoisotopic (exact) mass is 295 g/mol. The summed E-state index contributed by atoms with van der Waals surface area (Å²) < 4.78 is 5.13. The molecule has 0 aliphatic rings. The summed E-state index contributed by atoms with van der Waals surface area (Å²) >= 11 is 0. The van der Waals surface area contributed by atoms with Gasteiger partial charge < -0.3 is 4.42 Å². The third kappa shape index (κ3) is 2.26. The maximum atomic E-state index is 11.8. The summed E-state index contributed by atoms with van der Waals surface area (Å²) in [6, 6.07) is 12.0. The first-order valence-corrected chi connectivity index (χ1v) is 6.76. The van der Waals surface area contributed by atoms with E-state index in [4.69, 9.17) is 4.42 Å². The molecule has 3 aromatic rings. The molecule has 0 unspecified atom stereocenters. The highest BCUT2D eigenvalue weighted by Crippen LogP contribution is 2.36. The van der Waals surface area contributed by atoms with E-state index in [1.165, 1.54) is 6.07 Å². The van der Waals surface area contributed by atoms with Gasteiger partial charge in [0.1, 0.15) is 11.0 Å². The molecular formula is C17H13NO4. The molecule has 0 spiro atoms. The molecule has 0 amide bonds. The Balaban J connectivity index is 2.47. The van der Waals surface area contributed by atoms with E-state index in [-0.39, 0.29) is 11.3 Å². The van der Waals surface area contributed by atoms with Crippen LogP contribution in [0.2, 0.25) is 0 Å². The van der Waals surface area contributed by atoms with Crippen molar-refractivity contribution >= 4 is 16.7 Å². The van der Waals surface area contributed by atoms with Crippen LogP contribution in [-0.2, 0) is 0 Å². The zero-order chi connectivity index (χ0) is 15.9. The van der Waals surface area contributed by atoms with Crippen LogP contribution in [0, 0.1) is 24.0 Å². The van der Waals surface area contributed by atoms with Crippen LogP contribution in [0.1, 0.15) is 11.1 Å². The normalized spacial score (nSPS) is 10.8. The Labute approximate surface area is 126 Å². The van der Waals surface area contributed by atoms with Crippen LogP contribution in [0.5, 0.6) is 0 Å². The standard InChI is InChI=1S/C17H13NO4/c1-10-3-6-12(7-4-10)13-9-15(19)22-14-8-5-11(2)17(16(13)14)18(20)21/h3-9H,1-2H3. The quantitative estimate of drug-likeness (QED) is 0.407. The SMILES string of the molecule is Cc1ccc(-c2cc(=O)oc3ccc(C)c([N+](=O)[O-])c23)cc1. The van der Waals surface area contributed by atoms with Crippen LogP contribution in [-0.4, -0.2) is 4.92 Å². The lowest BCUT2D eigenvalue weighted by atomic mass is 9.98. The van der Waals surface area contributed by atoms with Gasteiger partial charge in [-0.25, -0.2) is 4.79 Å². The van der Waals surface area contributed by atoms with Crippen molar-refractivity contribution in [2.45, 2.75) is 13.8 Å². The van der Waals surface area contributed by atoms with E-state index in [0.717, 1.165) is 11.1 Å². The van der Waals surface area contributed by atoms with Crippen molar-refractivity contribution in [3.8, 4) is 11.1 Å². The number of benzene rings is 2. The molecule has 5 nitrogen and oxygen atoms in total. The van der Waals surface area contributed by atoms with Crippen molar-refractivity contribution in [2.75, 3.05) is 0 Å². The molecule has 0 atom stereocenters. The van der Waals surface area contributed by atoms with Gasteiger partial charge in [0.25, 0.3) is 5.69 Å². The van der Waals surface area contributed by atoms with E-state index >= 15 is 0 Å². The minimum atomic E-state index is -0.527. The van der Waals surface area contributed by atoms with E-state index in [9.17, 15) is 14.9 Å². The molecule has 3 rings (SSSR count). The molecule has 0 aliphatic heterocycles. The Kier molecular flexibility index (Phi) is 3.25. The number of rotatable bonds is 2. The fourth-order valence-corrected chi connectivity index (χ4v) is 2.55. The van der Waals surface area contributed by atoms with Crippen molar-refractivity contribution in [2.24, 2.45) is 0 Å². The van der Waals surface area contributed by atoms with Crippen molar-refractivity contribution in [3.05, 3.63) is 74.1 Å². The van der Waals surface area contributed by atoms with Crippen LogP contribution < -0.4 is 5.63 Å². The molecule has 0 radical (unpaired) electrons. The second kappa shape index (κ2) is 5.11. The third-order valence-electron chi connectivity index (χ3n) is 3.63. The number of nitro groups is 1. The topological polar surface area (TPSA) is 73.3 Å². The summed E-state index contributed by atoms with van der Waals surface area (Å²) in [6.45, 7) is 3.62. The summed E-state index contributed by atoms with van der Waals surface area (Å²) in [5.41, 5.74) is 2.53. The van der Waals surface area contributed by atoms with Crippen LogP contribution >= 0.6 is 0 Å². The van der Waals surface area contributed by atoms with Gasteiger partial charge in [-0.15, -0.1) is 0 Å². The van der Waals surface area contributed by atoms with Gasteiger partial charge in [0, 0.05) is 17.2 Å². The molecule has 0 aliphatic carbocycles. The molecule has 0 bridgehead atoms. The second-order valence-electron chi connectivity index (χ2n) is 5.21. The van der Waals surface area contributed by atoms with E-state index in [1.54, 1.807) is 19.1 Å². The summed E-state index contributed by atoms with van der Waals surface area (Å²) in [7, 11) is 0. The summed E-state index contributed by atoms with van der Waals surface area (Å²) in [5.74, 6) is 0. The van der Waals surface area contributed by atoms with Gasteiger partial charge in [-0.2, -0.15) is 0 Å². The van der Waals surface area contributed by atoms with Gasteiger partial charge in [-0.3, -0.25) is 10.1 Å². The zero-order valence-corrected chi connectivity index (χ0v) is 12.1. The summed E-state index contributed by atoms with van der Waals surface area (Å²) in [4.78, 5) is 22.8. The molecule has 5 heteroatoms. The predicted molar refractivity (Wildman–Crippen MR) is 84.0 cm³/mol. The number of aryl methyl sites for hydroxylation is 2. The molecule has 1 aromatic heterocycles. The van der Waals surface area contributed by atoms with E-state index in [2.05, 4.69) is 0 Å². The number of nitro benzene ring substituents is 1. The maximum Gasteiger partial charge on any atom is 0.336 e.